The zero-order valence-corrected chi connectivity index (χ0v) is 16.5. The highest BCUT2D eigenvalue weighted by molar-refractivity contribution is 6.07. The number of anilines is 2. The summed E-state index contributed by atoms with van der Waals surface area (Å²) in [5, 5.41) is 6.30. The molecule has 0 aliphatic carbocycles. The molecule has 7 heteroatoms. The van der Waals surface area contributed by atoms with Gasteiger partial charge < -0.3 is 15.5 Å². The molecule has 0 saturated carbocycles. The summed E-state index contributed by atoms with van der Waals surface area (Å²) in [5.41, 5.74) is 2.60. The molecule has 0 radical (unpaired) electrons. The van der Waals surface area contributed by atoms with Crippen LogP contribution < -0.4 is 15.5 Å². The Kier molecular flexibility index (Phi) is 9.41. The lowest BCUT2D eigenvalue weighted by Crippen LogP contribution is -2.24. The molecule has 2 heterocycles. The van der Waals surface area contributed by atoms with Gasteiger partial charge in [0.15, 0.2) is 0 Å². The van der Waals surface area contributed by atoms with Gasteiger partial charge in [0.25, 0.3) is 5.91 Å². The molecule has 2 N–H and O–H groups in total. The second-order valence-corrected chi connectivity index (χ2v) is 6.00. The van der Waals surface area contributed by atoms with Crippen molar-refractivity contribution in [1.29, 1.82) is 0 Å². The van der Waals surface area contributed by atoms with Gasteiger partial charge in [-0.1, -0.05) is 19.1 Å². The van der Waals surface area contributed by atoms with Crippen LogP contribution in [0.1, 0.15) is 35.7 Å². The Labute approximate surface area is 167 Å². The predicted molar refractivity (Wildman–Crippen MR) is 112 cm³/mol. The predicted octanol–water partition coefficient (Wildman–Crippen LogP) is 3.89. The van der Waals surface area contributed by atoms with E-state index in [9.17, 15) is 4.79 Å². The van der Waals surface area contributed by atoms with E-state index in [4.69, 9.17) is 0 Å². The van der Waals surface area contributed by atoms with Crippen LogP contribution in [-0.4, -0.2) is 30.5 Å². The molecule has 0 bridgehead atoms. The first-order chi connectivity index (χ1) is 11.8. The van der Waals surface area contributed by atoms with Gasteiger partial charge in [0.2, 0.25) is 0 Å². The van der Waals surface area contributed by atoms with Crippen LogP contribution in [-0.2, 0) is 6.54 Å². The molecule has 2 aromatic rings. The van der Waals surface area contributed by atoms with E-state index in [1.807, 2.05) is 30.3 Å². The highest BCUT2D eigenvalue weighted by atomic mass is 35.5. The molecule has 0 atom stereocenters. The minimum absolute atomic E-state index is 0. The van der Waals surface area contributed by atoms with Crippen LogP contribution in [0.15, 0.2) is 42.6 Å². The number of benzene rings is 1. The quantitative estimate of drug-likeness (QED) is 0.777. The summed E-state index contributed by atoms with van der Waals surface area (Å²) in [7, 11) is 0. The SMILES string of the molecule is CCNCc1cccc(NC(=O)c2cccnc2N2CCCC2)c1.Cl.Cl. The Morgan fingerprint density at radius 1 is 1.15 bits per heavy atom. The van der Waals surface area contributed by atoms with Crippen LogP contribution in [0.5, 0.6) is 0 Å². The molecule has 26 heavy (non-hydrogen) atoms. The van der Waals surface area contributed by atoms with E-state index < -0.39 is 0 Å². The number of halogens is 2. The van der Waals surface area contributed by atoms with Gasteiger partial charge in [-0.25, -0.2) is 4.98 Å². The number of hydrogen-bond donors (Lipinski definition) is 2. The zero-order valence-electron chi connectivity index (χ0n) is 14.9. The average molecular weight is 397 g/mol. The highest BCUT2D eigenvalue weighted by Gasteiger charge is 2.20. The van der Waals surface area contributed by atoms with Crippen molar-refractivity contribution in [3.8, 4) is 0 Å². The number of amides is 1. The second kappa shape index (κ2) is 11.0. The molecule has 1 aliphatic rings. The summed E-state index contributed by atoms with van der Waals surface area (Å²) in [6, 6.07) is 11.6. The van der Waals surface area contributed by atoms with E-state index in [0.717, 1.165) is 56.1 Å². The largest absolute Gasteiger partial charge is 0.356 e. The molecule has 3 rings (SSSR count). The standard InChI is InChI=1S/C19H24N4O.2ClH/c1-2-20-14-15-7-5-8-16(13-15)22-19(24)17-9-6-10-21-18(17)23-11-3-4-12-23;;/h5-10,13,20H,2-4,11-12,14H2,1H3,(H,22,24);2*1H. The molecule has 1 fully saturated rings. The van der Waals surface area contributed by atoms with Gasteiger partial charge in [0.1, 0.15) is 5.82 Å². The topological polar surface area (TPSA) is 57.3 Å². The molecule has 1 aromatic carbocycles. The van der Waals surface area contributed by atoms with E-state index in [1.54, 1.807) is 6.20 Å². The van der Waals surface area contributed by atoms with E-state index in [2.05, 4.69) is 33.5 Å². The Morgan fingerprint density at radius 2 is 1.92 bits per heavy atom. The van der Waals surface area contributed by atoms with E-state index in [0.29, 0.717) is 5.56 Å². The molecular formula is C19H26Cl2N4O. The molecule has 1 amide bonds. The Hall–Kier alpha value is -1.82. The van der Waals surface area contributed by atoms with Gasteiger partial charge in [-0.05, 0) is 49.2 Å². The third kappa shape index (κ3) is 5.59. The maximum atomic E-state index is 12.7. The van der Waals surface area contributed by atoms with Gasteiger partial charge in [0, 0.05) is 31.5 Å². The molecule has 0 unspecified atom stereocenters. The zero-order chi connectivity index (χ0) is 16.8. The minimum Gasteiger partial charge on any atom is -0.356 e. The van der Waals surface area contributed by atoms with Crippen LogP contribution in [0.3, 0.4) is 0 Å². The molecular weight excluding hydrogens is 371 g/mol. The second-order valence-electron chi connectivity index (χ2n) is 6.00. The van der Waals surface area contributed by atoms with Gasteiger partial charge in [-0.3, -0.25) is 4.79 Å². The van der Waals surface area contributed by atoms with Crippen LogP contribution >= 0.6 is 24.8 Å². The first-order valence-electron chi connectivity index (χ1n) is 8.59. The number of aromatic nitrogens is 1. The van der Waals surface area contributed by atoms with Crippen LogP contribution in [0.4, 0.5) is 11.5 Å². The van der Waals surface area contributed by atoms with Crippen molar-refractivity contribution in [3.63, 3.8) is 0 Å². The number of nitrogens with one attached hydrogen (secondary N) is 2. The van der Waals surface area contributed by atoms with Gasteiger partial charge in [-0.2, -0.15) is 0 Å². The van der Waals surface area contributed by atoms with E-state index in [-0.39, 0.29) is 30.7 Å². The number of hydrogen-bond acceptors (Lipinski definition) is 4. The lowest BCUT2D eigenvalue weighted by atomic mass is 10.1. The first-order valence-corrected chi connectivity index (χ1v) is 8.59. The average Bonchev–Trinajstić information content (AvgIpc) is 3.15. The Balaban J connectivity index is 0.00000169. The lowest BCUT2D eigenvalue weighted by molar-refractivity contribution is 0.102. The first kappa shape index (κ1) is 22.2. The number of nitrogens with zero attached hydrogens (tertiary/aromatic N) is 2. The molecule has 1 saturated heterocycles. The number of carbonyl (C=O) groups is 1. The lowest BCUT2D eigenvalue weighted by Gasteiger charge is -2.19. The van der Waals surface area contributed by atoms with Crippen molar-refractivity contribution >= 4 is 42.2 Å². The molecule has 142 valence electrons. The van der Waals surface area contributed by atoms with Crippen molar-refractivity contribution < 1.29 is 4.79 Å². The summed E-state index contributed by atoms with van der Waals surface area (Å²) in [4.78, 5) is 19.4. The van der Waals surface area contributed by atoms with Crippen molar-refractivity contribution in [3.05, 3.63) is 53.7 Å². The molecule has 1 aliphatic heterocycles. The minimum atomic E-state index is -0.106. The Bertz CT molecular complexity index is 705. The molecule has 1 aromatic heterocycles. The summed E-state index contributed by atoms with van der Waals surface area (Å²) in [6.45, 7) is 5.73. The van der Waals surface area contributed by atoms with Gasteiger partial charge in [0.05, 0.1) is 5.56 Å². The number of pyridine rings is 1. The summed E-state index contributed by atoms with van der Waals surface area (Å²) < 4.78 is 0. The van der Waals surface area contributed by atoms with Crippen LogP contribution in [0.2, 0.25) is 0 Å². The maximum absolute atomic E-state index is 12.7. The van der Waals surface area contributed by atoms with Gasteiger partial charge >= 0.3 is 0 Å². The summed E-state index contributed by atoms with van der Waals surface area (Å²) in [5.74, 6) is 0.682. The smallest absolute Gasteiger partial charge is 0.259 e. The fourth-order valence-corrected chi connectivity index (χ4v) is 2.98. The van der Waals surface area contributed by atoms with E-state index in [1.165, 1.54) is 0 Å². The van der Waals surface area contributed by atoms with Crippen molar-refractivity contribution in [2.75, 3.05) is 29.9 Å². The third-order valence-electron chi connectivity index (χ3n) is 4.20. The third-order valence-corrected chi connectivity index (χ3v) is 4.20. The van der Waals surface area contributed by atoms with Crippen molar-refractivity contribution in [2.45, 2.75) is 26.3 Å². The number of carbonyl (C=O) groups excluding carboxylic acids is 1. The van der Waals surface area contributed by atoms with Crippen LogP contribution in [0, 0.1) is 0 Å². The normalized spacial score (nSPS) is 12.9. The maximum Gasteiger partial charge on any atom is 0.259 e. The molecule has 0 spiro atoms. The number of rotatable bonds is 6. The monoisotopic (exact) mass is 396 g/mol. The molecule has 5 nitrogen and oxygen atoms in total. The van der Waals surface area contributed by atoms with Crippen molar-refractivity contribution in [1.82, 2.24) is 10.3 Å². The van der Waals surface area contributed by atoms with Crippen molar-refractivity contribution in [2.24, 2.45) is 0 Å². The summed E-state index contributed by atoms with van der Waals surface area (Å²) in [6.07, 6.45) is 4.07. The highest BCUT2D eigenvalue weighted by Crippen LogP contribution is 2.23. The fraction of sp³-hybridized carbons (Fsp3) is 0.368. The Morgan fingerprint density at radius 3 is 2.65 bits per heavy atom. The van der Waals surface area contributed by atoms with E-state index >= 15 is 0 Å². The van der Waals surface area contributed by atoms with Gasteiger partial charge in [-0.15, -0.1) is 24.8 Å². The summed E-state index contributed by atoms with van der Waals surface area (Å²) >= 11 is 0. The fourth-order valence-electron chi connectivity index (χ4n) is 2.98. The van der Waals surface area contributed by atoms with Crippen LogP contribution in [0.25, 0.3) is 0 Å².